The summed E-state index contributed by atoms with van der Waals surface area (Å²) in [6, 6.07) is 4.01. The van der Waals surface area contributed by atoms with Crippen molar-refractivity contribution in [1.29, 1.82) is 0 Å². The molecule has 3 heterocycles. The lowest BCUT2D eigenvalue weighted by Crippen LogP contribution is -2.28. The van der Waals surface area contributed by atoms with Crippen LogP contribution in [0, 0.1) is 6.92 Å². The summed E-state index contributed by atoms with van der Waals surface area (Å²) in [7, 11) is 0. The molecule has 1 aliphatic heterocycles. The fourth-order valence-electron chi connectivity index (χ4n) is 2.18. The van der Waals surface area contributed by atoms with Crippen LogP contribution in [0.4, 0.5) is 0 Å². The molecule has 4 heteroatoms. The van der Waals surface area contributed by atoms with Crippen molar-refractivity contribution in [3.63, 3.8) is 0 Å². The van der Waals surface area contributed by atoms with Crippen molar-refractivity contribution in [2.75, 3.05) is 6.54 Å². The molecule has 0 saturated carbocycles. The largest absolute Gasteiger partial charge is 0.325 e. The van der Waals surface area contributed by atoms with E-state index in [0.29, 0.717) is 0 Å². The molecule has 2 aromatic heterocycles. The Balaban J connectivity index is 2.15. The van der Waals surface area contributed by atoms with Gasteiger partial charge in [0.25, 0.3) is 0 Å². The standard InChI is InChI=1S/C12H14N4/c1-9-11-8-14-5-6-16(11)12(15-9)10-3-2-4-13-7-10/h2-4,7,14H,5-6,8H2,1H3. The normalized spacial score (nSPS) is 14.8. The van der Waals surface area contributed by atoms with Crippen molar-refractivity contribution < 1.29 is 0 Å². The molecule has 82 valence electrons. The van der Waals surface area contributed by atoms with Crippen LogP contribution >= 0.6 is 0 Å². The third-order valence-electron chi connectivity index (χ3n) is 3.00. The number of imidazole rings is 1. The molecule has 0 aromatic carbocycles. The van der Waals surface area contributed by atoms with E-state index in [1.807, 2.05) is 12.3 Å². The van der Waals surface area contributed by atoms with E-state index in [-0.39, 0.29) is 0 Å². The third-order valence-corrected chi connectivity index (χ3v) is 3.00. The van der Waals surface area contributed by atoms with E-state index in [1.165, 1.54) is 5.69 Å². The lowest BCUT2D eigenvalue weighted by molar-refractivity contribution is 0.517. The highest BCUT2D eigenvalue weighted by Crippen LogP contribution is 2.22. The Morgan fingerprint density at radius 3 is 3.19 bits per heavy atom. The molecule has 0 aliphatic carbocycles. The molecular weight excluding hydrogens is 200 g/mol. The van der Waals surface area contributed by atoms with Crippen LogP contribution in [-0.4, -0.2) is 21.1 Å². The number of hydrogen-bond donors (Lipinski definition) is 1. The topological polar surface area (TPSA) is 42.7 Å². The van der Waals surface area contributed by atoms with Gasteiger partial charge in [0.15, 0.2) is 0 Å². The maximum absolute atomic E-state index is 4.65. The zero-order valence-corrected chi connectivity index (χ0v) is 9.27. The highest BCUT2D eigenvalue weighted by atomic mass is 15.2. The van der Waals surface area contributed by atoms with Gasteiger partial charge in [-0.3, -0.25) is 4.98 Å². The number of aryl methyl sites for hydroxylation is 1. The maximum atomic E-state index is 4.65. The third kappa shape index (κ3) is 1.42. The van der Waals surface area contributed by atoms with Crippen LogP contribution in [0.25, 0.3) is 11.4 Å². The first-order valence-corrected chi connectivity index (χ1v) is 5.53. The van der Waals surface area contributed by atoms with Crippen LogP contribution in [0.15, 0.2) is 24.5 Å². The fraction of sp³-hybridized carbons (Fsp3) is 0.333. The molecule has 2 aromatic rings. The van der Waals surface area contributed by atoms with E-state index < -0.39 is 0 Å². The van der Waals surface area contributed by atoms with Gasteiger partial charge in [0.2, 0.25) is 0 Å². The molecule has 0 bridgehead atoms. The first-order chi connectivity index (χ1) is 7.86. The Morgan fingerprint density at radius 2 is 2.38 bits per heavy atom. The summed E-state index contributed by atoms with van der Waals surface area (Å²) in [5.74, 6) is 1.04. The second-order valence-electron chi connectivity index (χ2n) is 4.04. The molecular formula is C12H14N4. The van der Waals surface area contributed by atoms with Gasteiger partial charge in [0.1, 0.15) is 5.82 Å². The number of aromatic nitrogens is 3. The van der Waals surface area contributed by atoms with Gasteiger partial charge in [-0.1, -0.05) is 0 Å². The Hall–Kier alpha value is -1.68. The zero-order valence-electron chi connectivity index (χ0n) is 9.27. The molecule has 0 spiro atoms. The smallest absolute Gasteiger partial charge is 0.142 e. The van der Waals surface area contributed by atoms with Gasteiger partial charge in [-0.05, 0) is 19.1 Å². The quantitative estimate of drug-likeness (QED) is 0.779. The first kappa shape index (κ1) is 9.54. The van der Waals surface area contributed by atoms with Crippen molar-refractivity contribution in [1.82, 2.24) is 19.9 Å². The number of nitrogens with zero attached hydrogens (tertiary/aromatic N) is 3. The Kier molecular flexibility index (Phi) is 2.22. The molecule has 0 atom stereocenters. The van der Waals surface area contributed by atoms with Crippen LogP contribution in [0.3, 0.4) is 0 Å². The molecule has 0 amide bonds. The Labute approximate surface area is 94.4 Å². The summed E-state index contributed by atoms with van der Waals surface area (Å²) in [5, 5.41) is 3.37. The van der Waals surface area contributed by atoms with Gasteiger partial charge in [0, 0.05) is 37.6 Å². The van der Waals surface area contributed by atoms with Gasteiger partial charge in [0.05, 0.1) is 11.4 Å². The number of nitrogens with one attached hydrogen (secondary N) is 1. The van der Waals surface area contributed by atoms with Crippen molar-refractivity contribution >= 4 is 0 Å². The van der Waals surface area contributed by atoms with E-state index in [2.05, 4.69) is 32.8 Å². The molecule has 3 rings (SSSR count). The average Bonchev–Trinajstić information content (AvgIpc) is 2.69. The molecule has 16 heavy (non-hydrogen) atoms. The molecule has 0 unspecified atom stereocenters. The van der Waals surface area contributed by atoms with Crippen molar-refractivity contribution in [2.45, 2.75) is 20.0 Å². The van der Waals surface area contributed by atoms with Gasteiger partial charge >= 0.3 is 0 Å². The highest BCUT2D eigenvalue weighted by molar-refractivity contribution is 5.55. The average molecular weight is 214 g/mol. The van der Waals surface area contributed by atoms with Gasteiger partial charge in [-0.25, -0.2) is 4.98 Å². The van der Waals surface area contributed by atoms with Crippen LogP contribution < -0.4 is 5.32 Å². The molecule has 1 aliphatic rings. The summed E-state index contributed by atoms with van der Waals surface area (Å²) in [6.07, 6.45) is 3.66. The van der Waals surface area contributed by atoms with Crippen molar-refractivity contribution in [2.24, 2.45) is 0 Å². The van der Waals surface area contributed by atoms with Gasteiger partial charge < -0.3 is 9.88 Å². The monoisotopic (exact) mass is 214 g/mol. The van der Waals surface area contributed by atoms with Crippen LogP contribution in [0.2, 0.25) is 0 Å². The van der Waals surface area contributed by atoms with Crippen LogP contribution in [-0.2, 0) is 13.1 Å². The Morgan fingerprint density at radius 1 is 1.44 bits per heavy atom. The minimum atomic E-state index is 0.916. The summed E-state index contributed by atoms with van der Waals surface area (Å²) < 4.78 is 2.29. The number of hydrogen-bond acceptors (Lipinski definition) is 3. The zero-order chi connectivity index (χ0) is 11.0. The molecule has 1 N–H and O–H groups in total. The molecule has 0 saturated heterocycles. The second kappa shape index (κ2) is 3.72. The number of fused-ring (bicyclic) bond motifs is 1. The summed E-state index contributed by atoms with van der Waals surface area (Å²) in [6.45, 7) is 4.98. The summed E-state index contributed by atoms with van der Waals surface area (Å²) >= 11 is 0. The van der Waals surface area contributed by atoms with Gasteiger partial charge in [-0.15, -0.1) is 0 Å². The van der Waals surface area contributed by atoms with Crippen molar-refractivity contribution in [3.05, 3.63) is 35.9 Å². The number of pyridine rings is 1. The lowest BCUT2D eigenvalue weighted by atomic mass is 10.2. The fourth-order valence-corrected chi connectivity index (χ4v) is 2.18. The predicted molar refractivity (Wildman–Crippen MR) is 61.9 cm³/mol. The SMILES string of the molecule is Cc1nc(-c2cccnc2)n2c1CNCC2. The van der Waals surface area contributed by atoms with E-state index in [9.17, 15) is 0 Å². The van der Waals surface area contributed by atoms with E-state index in [0.717, 1.165) is 36.7 Å². The lowest BCUT2D eigenvalue weighted by Gasteiger charge is -2.18. The van der Waals surface area contributed by atoms with Crippen LogP contribution in [0.5, 0.6) is 0 Å². The number of rotatable bonds is 1. The maximum Gasteiger partial charge on any atom is 0.142 e. The van der Waals surface area contributed by atoms with Crippen LogP contribution in [0.1, 0.15) is 11.4 Å². The Bertz CT molecular complexity index is 501. The summed E-state index contributed by atoms with van der Waals surface area (Å²) in [4.78, 5) is 8.80. The van der Waals surface area contributed by atoms with E-state index in [1.54, 1.807) is 6.20 Å². The molecule has 4 nitrogen and oxygen atoms in total. The molecule has 0 radical (unpaired) electrons. The van der Waals surface area contributed by atoms with Gasteiger partial charge in [-0.2, -0.15) is 0 Å². The minimum Gasteiger partial charge on any atom is -0.325 e. The highest BCUT2D eigenvalue weighted by Gasteiger charge is 2.17. The molecule has 0 fully saturated rings. The second-order valence-corrected chi connectivity index (χ2v) is 4.04. The summed E-state index contributed by atoms with van der Waals surface area (Å²) in [5.41, 5.74) is 3.51. The minimum absolute atomic E-state index is 0.916. The van der Waals surface area contributed by atoms with E-state index >= 15 is 0 Å². The van der Waals surface area contributed by atoms with E-state index in [4.69, 9.17) is 0 Å². The predicted octanol–water partition coefficient (Wildman–Crippen LogP) is 1.36. The van der Waals surface area contributed by atoms with Crippen molar-refractivity contribution in [3.8, 4) is 11.4 Å². The first-order valence-electron chi connectivity index (χ1n) is 5.53.